The Kier molecular flexibility index (Phi) is 5.18. The molecule has 3 nitrogen and oxygen atoms in total. The number of aromatic amines is 1. The van der Waals surface area contributed by atoms with Crippen LogP contribution in [0.15, 0.2) is 103 Å². The molecule has 0 aliphatic rings. The Balaban J connectivity index is 1.65. The molecule has 4 aromatic rings. The molecule has 1 atom stereocenters. The summed E-state index contributed by atoms with van der Waals surface area (Å²) >= 11 is 0. The van der Waals surface area contributed by atoms with Crippen molar-refractivity contribution in [1.82, 2.24) is 10.2 Å². The number of hydrogen-bond donors (Lipinski definition) is 2. The maximum Gasteiger partial charge on any atom is 0.114 e. The molecule has 138 valence electrons. The van der Waals surface area contributed by atoms with E-state index in [0.29, 0.717) is 6.42 Å². The lowest BCUT2D eigenvalue weighted by atomic mass is 9.88. The van der Waals surface area contributed by atoms with E-state index in [2.05, 4.69) is 10.2 Å². The molecule has 1 heterocycles. The van der Waals surface area contributed by atoms with Crippen molar-refractivity contribution in [2.24, 2.45) is 0 Å². The van der Waals surface area contributed by atoms with Crippen LogP contribution in [-0.2, 0) is 12.0 Å². The van der Waals surface area contributed by atoms with E-state index in [4.69, 9.17) is 0 Å². The molecular weight excluding hydrogens is 344 g/mol. The number of aliphatic hydroxyl groups is 1. The second kappa shape index (κ2) is 8.07. The summed E-state index contributed by atoms with van der Waals surface area (Å²) < 4.78 is 0. The average molecular weight is 366 g/mol. The highest BCUT2D eigenvalue weighted by molar-refractivity contribution is 5.59. The van der Waals surface area contributed by atoms with Crippen LogP contribution < -0.4 is 0 Å². The van der Waals surface area contributed by atoms with Crippen molar-refractivity contribution in [2.75, 3.05) is 0 Å². The van der Waals surface area contributed by atoms with Gasteiger partial charge in [-0.3, -0.25) is 5.10 Å². The number of nitrogens with one attached hydrogen (secondary N) is 1. The summed E-state index contributed by atoms with van der Waals surface area (Å²) in [5, 5.41) is 19.0. The molecular formula is C25H22N2O. The highest BCUT2D eigenvalue weighted by atomic mass is 16.3. The molecule has 4 rings (SSSR count). The molecule has 1 aromatic heterocycles. The summed E-state index contributed by atoms with van der Waals surface area (Å²) in [6.07, 6.45) is 4.22. The second-order valence-corrected chi connectivity index (χ2v) is 6.86. The number of rotatable bonds is 6. The molecule has 3 heteroatoms. The van der Waals surface area contributed by atoms with Crippen LogP contribution in [0.4, 0.5) is 0 Å². The maximum atomic E-state index is 11.5. The first-order chi connectivity index (χ1) is 13.7. The first kappa shape index (κ1) is 18.0. The number of H-pyrrole nitrogens is 1. The van der Waals surface area contributed by atoms with Gasteiger partial charge in [0.25, 0.3) is 0 Å². The second-order valence-electron chi connectivity index (χ2n) is 6.86. The van der Waals surface area contributed by atoms with Crippen molar-refractivity contribution in [2.45, 2.75) is 12.0 Å². The van der Waals surface area contributed by atoms with Crippen molar-refractivity contribution in [3.8, 4) is 11.3 Å². The van der Waals surface area contributed by atoms with E-state index in [0.717, 1.165) is 28.1 Å². The molecule has 28 heavy (non-hydrogen) atoms. The van der Waals surface area contributed by atoms with E-state index in [-0.39, 0.29) is 0 Å². The Morgan fingerprint density at radius 2 is 1.43 bits per heavy atom. The Labute approximate surface area is 165 Å². The highest BCUT2D eigenvalue weighted by Crippen LogP contribution is 2.29. The summed E-state index contributed by atoms with van der Waals surface area (Å²) in [5.41, 5.74) is 3.55. The third kappa shape index (κ3) is 4.11. The van der Waals surface area contributed by atoms with Crippen molar-refractivity contribution in [1.29, 1.82) is 0 Å². The van der Waals surface area contributed by atoms with Gasteiger partial charge in [0.1, 0.15) is 5.60 Å². The van der Waals surface area contributed by atoms with Crippen LogP contribution in [0.25, 0.3) is 17.3 Å². The number of hydrogen-bond acceptors (Lipinski definition) is 2. The molecule has 0 radical (unpaired) electrons. The zero-order valence-electron chi connectivity index (χ0n) is 15.5. The van der Waals surface area contributed by atoms with Gasteiger partial charge >= 0.3 is 0 Å². The van der Waals surface area contributed by atoms with Gasteiger partial charge in [0, 0.05) is 17.7 Å². The van der Waals surface area contributed by atoms with Crippen LogP contribution in [0.3, 0.4) is 0 Å². The number of benzene rings is 3. The largest absolute Gasteiger partial charge is 0.381 e. The highest BCUT2D eigenvalue weighted by Gasteiger charge is 2.27. The van der Waals surface area contributed by atoms with Crippen molar-refractivity contribution >= 4 is 6.08 Å². The fourth-order valence-corrected chi connectivity index (χ4v) is 3.28. The summed E-state index contributed by atoms with van der Waals surface area (Å²) in [5.74, 6) is 0. The van der Waals surface area contributed by atoms with Crippen LogP contribution in [0.2, 0.25) is 0 Å². The zero-order valence-corrected chi connectivity index (χ0v) is 15.5. The van der Waals surface area contributed by atoms with Crippen molar-refractivity contribution < 1.29 is 5.11 Å². The van der Waals surface area contributed by atoms with Crippen LogP contribution in [0, 0.1) is 0 Å². The summed E-state index contributed by atoms with van der Waals surface area (Å²) in [7, 11) is 0. The first-order valence-electron chi connectivity index (χ1n) is 9.35. The minimum Gasteiger partial charge on any atom is -0.381 e. The van der Waals surface area contributed by atoms with Crippen LogP contribution in [-0.4, -0.2) is 15.3 Å². The standard InChI is InChI=1S/C25H22N2O/c28-25(22-14-8-3-9-15-22,17-16-20-10-4-1-5-11-20)19-23-18-24(27-26-23)21-12-6-2-7-13-21/h1-18,28H,19H2,(H,26,27)/b17-16-/t25-/m1/s1. The fraction of sp³-hybridized carbons (Fsp3) is 0.0800. The predicted octanol–water partition coefficient (Wildman–Crippen LogP) is 5.22. The van der Waals surface area contributed by atoms with Gasteiger partial charge in [-0.2, -0.15) is 5.10 Å². The Morgan fingerprint density at radius 1 is 0.821 bits per heavy atom. The minimum atomic E-state index is -1.14. The molecule has 0 spiro atoms. The third-order valence-electron chi connectivity index (χ3n) is 4.79. The van der Waals surface area contributed by atoms with Gasteiger partial charge in [-0.05, 0) is 23.3 Å². The Bertz CT molecular complexity index is 1040. The number of nitrogens with zero attached hydrogens (tertiary/aromatic N) is 1. The van der Waals surface area contributed by atoms with Gasteiger partial charge in [-0.15, -0.1) is 0 Å². The molecule has 0 saturated heterocycles. The lowest BCUT2D eigenvalue weighted by Gasteiger charge is -2.24. The molecule has 0 fully saturated rings. The average Bonchev–Trinajstić information content (AvgIpc) is 3.23. The van der Waals surface area contributed by atoms with E-state index in [1.54, 1.807) is 0 Å². The zero-order chi connectivity index (χ0) is 19.2. The molecule has 0 aliphatic heterocycles. The van der Waals surface area contributed by atoms with Crippen molar-refractivity contribution in [3.05, 3.63) is 120 Å². The molecule has 0 saturated carbocycles. The van der Waals surface area contributed by atoms with Crippen LogP contribution in [0.5, 0.6) is 0 Å². The molecule has 0 bridgehead atoms. The smallest absolute Gasteiger partial charge is 0.114 e. The minimum absolute atomic E-state index is 0.403. The molecule has 0 amide bonds. The van der Waals surface area contributed by atoms with E-state index < -0.39 is 5.60 Å². The van der Waals surface area contributed by atoms with Crippen molar-refractivity contribution in [3.63, 3.8) is 0 Å². The third-order valence-corrected chi connectivity index (χ3v) is 4.79. The monoisotopic (exact) mass is 366 g/mol. The van der Waals surface area contributed by atoms with Gasteiger partial charge in [-0.25, -0.2) is 0 Å². The van der Waals surface area contributed by atoms with Gasteiger partial charge in [0.15, 0.2) is 0 Å². The lowest BCUT2D eigenvalue weighted by molar-refractivity contribution is 0.0896. The Morgan fingerprint density at radius 3 is 2.11 bits per heavy atom. The van der Waals surface area contributed by atoms with E-state index >= 15 is 0 Å². The summed E-state index contributed by atoms with van der Waals surface area (Å²) in [6.45, 7) is 0. The predicted molar refractivity (Wildman–Crippen MR) is 114 cm³/mol. The van der Waals surface area contributed by atoms with Gasteiger partial charge < -0.3 is 5.11 Å². The quantitative estimate of drug-likeness (QED) is 0.491. The molecule has 2 N–H and O–H groups in total. The molecule has 3 aromatic carbocycles. The van der Waals surface area contributed by atoms with Crippen LogP contribution >= 0.6 is 0 Å². The summed E-state index contributed by atoms with van der Waals surface area (Å²) in [4.78, 5) is 0. The van der Waals surface area contributed by atoms with Gasteiger partial charge in [0.2, 0.25) is 0 Å². The maximum absolute atomic E-state index is 11.5. The molecule has 0 aliphatic carbocycles. The number of aromatic nitrogens is 2. The fourth-order valence-electron chi connectivity index (χ4n) is 3.28. The topological polar surface area (TPSA) is 48.9 Å². The van der Waals surface area contributed by atoms with Gasteiger partial charge in [0.05, 0.1) is 5.69 Å². The SMILES string of the molecule is O[C@](/C=C\c1ccccc1)(Cc1cc(-c2ccccc2)n[nH]1)c1ccccc1. The van der Waals surface area contributed by atoms with E-state index in [1.807, 2.05) is 109 Å². The molecule has 0 unspecified atom stereocenters. The normalized spacial score (nSPS) is 13.5. The van der Waals surface area contributed by atoms with E-state index in [9.17, 15) is 5.11 Å². The summed E-state index contributed by atoms with van der Waals surface area (Å²) in [6, 6.07) is 31.8. The van der Waals surface area contributed by atoms with Crippen LogP contribution in [0.1, 0.15) is 16.8 Å². The first-order valence-corrected chi connectivity index (χ1v) is 9.35. The Hall–Kier alpha value is -3.43. The van der Waals surface area contributed by atoms with E-state index in [1.165, 1.54) is 0 Å². The van der Waals surface area contributed by atoms with Gasteiger partial charge in [-0.1, -0.05) is 97.1 Å². The lowest BCUT2D eigenvalue weighted by Crippen LogP contribution is -2.26.